The maximum Gasteiger partial charge on any atom is 0.327 e. The van der Waals surface area contributed by atoms with Crippen LogP contribution < -0.4 is 5.46 Å². The lowest BCUT2D eigenvalue weighted by Gasteiger charge is -2.34. The van der Waals surface area contributed by atoms with Gasteiger partial charge in [-0.15, -0.1) is 0 Å². The molecule has 0 bridgehead atoms. The Bertz CT molecular complexity index is 592. The Morgan fingerprint density at radius 1 is 1.04 bits per heavy atom. The van der Waals surface area contributed by atoms with E-state index in [0.29, 0.717) is 0 Å². The van der Waals surface area contributed by atoms with E-state index >= 15 is 0 Å². The van der Waals surface area contributed by atoms with Crippen LogP contribution >= 0.6 is 0 Å². The third-order valence-electron chi connectivity index (χ3n) is 6.96. The second-order valence-corrected chi connectivity index (χ2v) is 9.83. The molecule has 4 nitrogen and oxygen atoms in total. The third kappa shape index (κ3) is 5.14. The van der Waals surface area contributed by atoms with Gasteiger partial charge in [0.05, 0.1) is 5.60 Å². The van der Waals surface area contributed by atoms with Gasteiger partial charge in [-0.1, -0.05) is 38.1 Å². The average molecular weight is 371 g/mol. The molecule has 150 valence electrons. The van der Waals surface area contributed by atoms with E-state index < -0.39 is 0 Å². The van der Waals surface area contributed by atoms with Gasteiger partial charge in [0.1, 0.15) is 0 Å². The van der Waals surface area contributed by atoms with Crippen LogP contribution in [0.5, 0.6) is 0 Å². The van der Waals surface area contributed by atoms with Crippen molar-refractivity contribution in [1.82, 2.24) is 14.7 Å². The molecule has 5 heteroatoms. The molecular weight excluding hydrogens is 333 g/mol. The van der Waals surface area contributed by atoms with Crippen LogP contribution in [0.25, 0.3) is 0 Å². The summed E-state index contributed by atoms with van der Waals surface area (Å²) in [4.78, 5) is 7.43. The van der Waals surface area contributed by atoms with Crippen molar-refractivity contribution in [1.29, 1.82) is 0 Å². The molecule has 3 rings (SSSR count). The highest BCUT2D eigenvalue weighted by Crippen LogP contribution is 2.44. The number of nitrogens with zero attached hydrogens (tertiary/aromatic N) is 3. The van der Waals surface area contributed by atoms with E-state index in [0.717, 1.165) is 19.4 Å². The lowest BCUT2D eigenvalue weighted by molar-refractivity contribution is 0.0375. The van der Waals surface area contributed by atoms with E-state index in [1.54, 1.807) is 0 Å². The number of benzene rings is 1. The standard InChI is InChI=1S/C22H38BN3O/c1-21(2)18-23(27-22(21,3)4)20-9-7-19(8-10-20)17-25(6)13-16-26-14-11-24(5)12-15-26/h7-10H,11-18H2,1-6H3. The van der Waals surface area contributed by atoms with Gasteiger partial charge >= 0.3 is 6.92 Å². The van der Waals surface area contributed by atoms with Crippen LogP contribution in [-0.4, -0.2) is 80.6 Å². The van der Waals surface area contributed by atoms with Crippen LogP contribution in [-0.2, 0) is 11.2 Å². The summed E-state index contributed by atoms with van der Waals surface area (Å²) in [5, 5.41) is 0. The van der Waals surface area contributed by atoms with Gasteiger partial charge < -0.3 is 14.5 Å². The highest BCUT2D eigenvalue weighted by atomic mass is 16.5. The number of piperazine rings is 1. The Morgan fingerprint density at radius 2 is 1.67 bits per heavy atom. The fraction of sp³-hybridized carbons (Fsp3) is 0.727. The largest absolute Gasteiger partial charge is 0.426 e. The van der Waals surface area contributed by atoms with Crippen molar-refractivity contribution in [2.45, 2.75) is 46.2 Å². The molecule has 2 fully saturated rings. The molecule has 0 spiro atoms. The molecular formula is C22H38BN3O. The topological polar surface area (TPSA) is 19.0 Å². The summed E-state index contributed by atoms with van der Waals surface area (Å²) in [6.07, 6.45) is 1.09. The van der Waals surface area contributed by atoms with Gasteiger partial charge in [-0.3, -0.25) is 4.90 Å². The van der Waals surface area contributed by atoms with Crippen LogP contribution in [0.4, 0.5) is 0 Å². The molecule has 0 amide bonds. The van der Waals surface area contributed by atoms with E-state index in [2.05, 4.69) is 80.8 Å². The van der Waals surface area contributed by atoms with Crippen LogP contribution in [0.3, 0.4) is 0 Å². The summed E-state index contributed by atoms with van der Waals surface area (Å²) in [5.41, 5.74) is 2.84. The van der Waals surface area contributed by atoms with Crippen LogP contribution in [0, 0.1) is 5.41 Å². The molecule has 2 heterocycles. The van der Waals surface area contributed by atoms with Crippen LogP contribution in [0.2, 0.25) is 6.32 Å². The smallest absolute Gasteiger partial charge is 0.327 e. The third-order valence-corrected chi connectivity index (χ3v) is 6.96. The predicted octanol–water partition coefficient (Wildman–Crippen LogP) is 2.40. The lowest BCUT2D eigenvalue weighted by Crippen LogP contribution is -2.46. The molecule has 2 aliphatic heterocycles. The lowest BCUT2D eigenvalue weighted by atomic mass is 9.54. The Kier molecular flexibility index (Phi) is 6.36. The first-order valence-electron chi connectivity index (χ1n) is 10.5. The van der Waals surface area contributed by atoms with Gasteiger partial charge in [0, 0.05) is 45.8 Å². The second kappa shape index (κ2) is 8.24. The molecule has 2 aliphatic rings. The van der Waals surface area contributed by atoms with E-state index in [1.165, 1.54) is 43.8 Å². The van der Waals surface area contributed by atoms with Crippen LogP contribution in [0.15, 0.2) is 24.3 Å². The summed E-state index contributed by atoms with van der Waals surface area (Å²) >= 11 is 0. The number of hydrogen-bond acceptors (Lipinski definition) is 4. The van der Waals surface area contributed by atoms with E-state index in [1.807, 2.05) is 0 Å². The normalized spacial score (nSPS) is 23.3. The molecule has 1 aromatic carbocycles. The molecule has 27 heavy (non-hydrogen) atoms. The van der Waals surface area contributed by atoms with Crippen molar-refractivity contribution in [3.05, 3.63) is 29.8 Å². The molecule has 0 saturated carbocycles. The maximum atomic E-state index is 6.36. The van der Waals surface area contributed by atoms with Gasteiger partial charge in [0.15, 0.2) is 0 Å². The Hall–Kier alpha value is -0.875. The summed E-state index contributed by atoms with van der Waals surface area (Å²) in [6, 6.07) is 9.10. The van der Waals surface area contributed by atoms with Crippen molar-refractivity contribution in [2.75, 3.05) is 53.4 Å². The van der Waals surface area contributed by atoms with Gasteiger partial charge in [-0.25, -0.2) is 0 Å². The minimum Gasteiger partial charge on any atom is -0.426 e. The highest BCUT2D eigenvalue weighted by molar-refractivity contribution is 6.68. The van der Waals surface area contributed by atoms with E-state index in [9.17, 15) is 0 Å². The minimum atomic E-state index is -0.0696. The molecule has 0 N–H and O–H groups in total. The Labute approximate surface area is 167 Å². The second-order valence-electron chi connectivity index (χ2n) is 9.83. The first-order valence-corrected chi connectivity index (χ1v) is 10.5. The van der Waals surface area contributed by atoms with Crippen molar-refractivity contribution in [3.63, 3.8) is 0 Å². The fourth-order valence-electron chi connectivity index (χ4n) is 4.06. The zero-order valence-electron chi connectivity index (χ0n) is 18.3. The quantitative estimate of drug-likeness (QED) is 0.715. The summed E-state index contributed by atoms with van der Waals surface area (Å²) in [6.45, 7) is 17.4. The Balaban J connectivity index is 1.48. The van der Waals surface area contributed by atoms with Gasteiger partial charge in [-0.2, -0.15) is 0 Å². The minimum absolute atomic E-state index is 0.0696. The molecule has 0 unspecified atom stereocenters. The summed E-state index contributed by atoms with van der Waals surface area (Å²) in [5.74, 6) is 0. The number of likely N-dealkylation sites (N-methyl/N-ethyl adjacent to an activating group) is 2. The summed E-state index contributed by atoms with van der Waals surface area (Å²) < 4.78 is 6.36. The van der Waals surface area contributed by atoms with Crippen molar-refractivity contribution in [2.24, 2.45) is 5.41 Å². The predicted molar refractivity (Wildman–Crippen MR) is 116 cm³/mol. The SMILES string of the molecule is CN1CCN(CCN(C)Cc2ccc(B3CC(C)(C)C(C)(C)O3)cc2)CC1. The van der Waals surface area contributed by atoms with Crippen molar-refractivity contribution >= 4 is 12.4 Å². The van der Waals surface area contributed by atoms with Crippen molar-refractivity contribution < 1.29 is 4.65 Å². The average Bonchev–Trinajstić information content (AvgIpc) is 2.83. The van der Waals surface area contributed by atoms with Gasteiger partial charge in [-0.05, 0) is 50.7 Å². The van der Waals surface area contributed by atoms with Crippen molar-refractivity contribution in [3.8, 4) is 0 Å². The fourth-order valence-corrected chi connectivity index (χ4v) is 4.06. The molecule has 0 aromatic heterocycles. The first-order chi connectivity index (χ1) is 12.7. The Morgan fingerprint density at radius 3 is 2.22 bits per heavy atom. The zero-order valence-corrected chi connectivity index (χ0v) is 18.3. The van der Waals surface area contributed by atoms with Gasteiger partial charge in [0.2, 0.25) is 0 Å². The highest BCUT2D eigenvalue weighted by Gasteiger charge is 2.49. The van der Waals surface area contributed by atoms with Gasteiger partial charge in [0.25, 0.3) is 0 Å². The number of rotatable bonds is 6. The van der Waals surface area contributed by atoms with E-state index in [-0.39, 0.29) is 17.9 Å². The summed E-state index contributed by atoms with van der Waals surface area (Å²) in [7, 11) is 4.45. The first kappa shape index (κ1) is 20.8. The maximum absolute atomic E-state index is 6.36. The zero-order chi connectivity index (χ0) is 19.7. The monoisotopic (exact) mass is 371 g/mol. The number of hydrogen-bond donors (Lipinski definition) is 0. The van der Waals surface area contributed by atoms with E-state index in [4.69, 9.17) is 4.65 Å². The molecule has 1 aromatic rings. The molecule has 0 radical (unpaired) electrons. The molecule has 0 atom stereocenters. The molecule has 0 aliphatic carbocycles. The molecule has 2 saturated heterocycles. The van der Waals surface area contributed by atoms with Crippen LogP contribution in [0.1, 0.15) is 33.3 Å².